The van der Waals surface area contributed by atoms with Crippen LogP contribution in [0.25, 0.3) is 0 Å². The van der Waals surface area contributed by atoms with E-state index in [2.05, 4.69) is 28.1 Å². The minimum Gasteiger partial charge on any atom is -0.495 e. The van der Waals surface area contributed by atoms with Crippen molar-refractivity contribution < 1.29 is 14.6 Å². The third-order valence-corrected chi connectivity index (χ3v) is 4.01. The molecule has 1 aromatic carbocycles. The Hall–Kier alpha value is -1.79. The summed E-state index contributed by atoms with van der Waals surface area (Å²) in [6.07, 6.45) is 0. The Morgan fingerprint density at radius 3 is 2.64 bits per heavy atom. The molecule has 1 aliphatic rings. The molecule has 22 heavy (non-hydrogen) atoms. The van der Waals surface area contributed by atoms with Gasteiger partial charge >= 0.3 is 5.97 Å². The van der Waals surface area contributed by atoms with E-state index in [1.807, 2.05) is 12.1 Å². The number of benzene rings is 1. The maximum atomic E-state index is 10.5. The molecule has 2 rings (SSSR count). The van der Waals surface area contributed by atoms with Crippen LogP contribution in [-0.2, 0) is 11.3 Å². The van der Waals surface area contributed by atoms with Crippen LogP contribution in [-0.4, -0.2) is 62.4 Å². The first-order chi connectivity index (χ1) is 10.6. The van der Waals surface area contributed by atoms with Gasteiger partial charge in [0.2, 0.25) is 0 Å². The van der Waals surface area contributed by atoms with Crippen molar-refractivity contribution in [3.8, 4) is 5.75 Å². The first-order valence-electron chi connectivity index (χ1n) is 7.70. The van der Waals surface area contributed by atoms with Gasteiger partial charge in [-0.1, -0.05) is 13.0 Å². The predicted molar refractivity (Wildman–Crippen MR) is 86.7 cm³/mol. The lowest BCUT2D eigenvalue weighted by molar-refractivity contribution is -0.135. The van der Waals surface area contributed by atoms with Gasteiger partial charge in [0.15, 0.2) is 0 Å². The third-order valence-electron chi connectivity index (χ3n) is 4.01. The monoisotopic (exact) mass is 307 g/mol. The zero-order valence-electron chi connectivity index (χ0n) is 13.3. The molecule has 2 N–H and O–H groups in total. The molecule has 0 amide bonds. The van der Waals surface area contributed by atoms with Crippen LogP contribution in [0.5, 0.6) is 5.75 Å². The summed E-state index contributed by atoms with van der Waals surface area (Å²) in [7, 11) is 1.68. The minimum atomic E-state index is -0.850. The summed E-state index contributed by atoms with van der Waals surface area (Å²) in [6, 6.07) is 6.08. The van der Waals surface area contributed by atoms with E-state index >= 15 is 0 Å². The fraction of sp³-hybridized carbons (Fsp3) is 0.562. The second-order valence-corrected chi connectivity index (χ2v) is 5.42. The van der Waals surface area contributed by atoms with Crippen molar-refractivity contribution in [2.75, 3.05) is 51.3 Å². The highest BCUT2D eigenvalue weighted by molar-refractivity contribution is 5.69. The SMILES string of the molecule is CCN1CCN(c2ccc(CNCC(=O)O)cc2OC)CC1. The Kier molecular flexibility index (Phi) is 6.03. The molecule has 0 atom stereocenters. The number of methoxy groups -OCH3 is 1. The van der Waals surface area contributed by atoms with Crippen molar-refractivity contribution >= 4 is 11.7 Å². The van der Waals surface area contributed by atoms with Crippen LogP contribution in [0.3, 0.4) is 0 Å². The molecule has 6 nitrogen and oxygen atoms in total. The third kappa shape index (κ3) is 4.35. The fourth-order valence-electron chi connectivity index (χ4n) is 2.71. The van der Waals surface area contributed by atoms with Crippen molar-refractivity contribution in [1.29, 1.82) is 0 Å². The van der Waals surface area contributed by atoms with E-state index < -0.39 is 5.97 Å². The fourth-order valence-corrected chi connectivity index (χ4v) is 2.71. The van der Waals surface area contributed by atoms with Gasteiger partial charge in [0.25, 0.3) is 0 Å². The van der Waals surface area contributed by atoms with Crippen LogP contribution in [0.4, 0.5) is 5.69 Å². The number of carboxylic acid groups (broad SMARTS) is 1. The van der Waals surface area contributed by atoms with Gasteiger partial charge < -0.3 is 25.0 Å². The van der Waals surface area contributed by atoms with Crippen LogP contribution < -0.4 is 15.0 Å². The van der Waals surface area contributed by atoms with Crippen LogP contribution >= 0.6 is 0 Å². The molecule has 1 saturated heterocycles. The molecule has 0 aliphatic carbocycles. The lowest BCUT2D eigenvalue weighted by atomic mass is 10.1. The molecule has 1 heterocycles. The summed E-state index contributed by atoms with van der Waals surface area (Å²) >= 11 is 0. The molecule has 0 unspecified atom stereocenters. The molecule has 122 valence electrons. The number of nitrogens with one attached hydrogen (secondary N) is 1. The van der Waals surface area contributed by atoms with Crippen molar-refractivity contribution in [3.05, 3.63) is 23.8 Å². The Morgan fingerprint density at radius 2 is 2.05 bits per heavy atom. The number of carboxylic acids is 1. The molecule has 0 spiro atoms. The van der Waals surface area contributed by atoms with E-state index in [4.69, 9.17) is 9.84 Å². The summed E-state index contributed by atoms with van der Waals surface area (Å²) in [5.74, 6) is -0.00282. The summed E-state index contributed by atoms with van der Waals surface area (Å²) < 4.78 is 5.52. The highest BCUT2D eigenvalue weighted by Crippen LogP contribution is 2.30. The average molecular weight is 307 g/mol. The zero-order valence-corrected chi connectivity index (χ0v) is 13.3. The van der Waals surface area contributed by atoms with Crippen LogP contribution in [0.15, 0.2) is 18.2 Å². The maximum Gasteiger partial charge on any atom is 0.317 e. The zero-order chi connectivity index (χ0) is 15.9. The summed E-state index contributed by atoms with van der Waals surface area (Å²) in [4.78, 5) is 15.3. The topological polar surface area (TPSA) is 65.0 Å². The standard InChI is InChI=1S/C16H25N3O3/c1-3-18-6-8-19(9-7-18)14-5-4-13(10-15(14)22-2)11-17-12-16(20)21/h4-5,10,17H,3,6-9,11-12H2,1-2H3,(H,20,21). The molecule has 1 aromatic rings. The first kappa shape index (κ1) is 16.6. The van der Waals surface area contributed by atoms with E-state index in [1.165, 1.54) is 0 Å². The summed E-state index contributed by atoms with van der Waals surface area (Å²) in [5, 5.41) is 11.5. The van der Waals surface area contributed by atoms with Crippen molar-refractivity contribution in [2.45, 2.75) is 13.5 Å². The van der Waals surface area contributed by atoms with Gasteiger partial charge in [0.05, 0.1) is 19.3 Å². The smallest absolute Gasteiger partial charge is 0.317 e. The van der Waals surface area contributed by atoms with Crippen molar-refractivity contribution in [2.24, 2.45) is 0 Å². The van der Waals surface area contributed by atoms with E-state index in [1.54, 1.807) is 7.11 Å². The normalized spacial score (nSPS) is 15.8. The van der Waals surface area contributed by atoms with Gasteiger partial charge in [0.1, 0.15) is 5.75 Å². The average Bonchev–Trinajstić information content (AvgIpc) is 2.54. The molecule has 1 aliphatic heterocycles. The van der Waals surface area contributed by atoms with Gasteiger partial charge in [-0.2, -0.15) is 0 Å². The number of rotatable bonds is 7. The summed E-state index contributed by atoms with van der Waals surface area (Å²) in [5.41, 5.74) is 2.13. The summed E-state index contributed by atoms with van der Waals surface area (Å²) in [6.45, 7) is 7.91. The molecular weight excluding hydrogens is 282 g/mol. The Balaban J connectivity index is 2.01. The quantitative estimate of drug-likeness (QED) is 0.784. The van der Waals surface area contributed by atoms with E-state index in [9.17, 15) is 4.79 Å². The lowest BCUT2D eigenvalue weighted by Gasteiger charge is -2.36. The predicted octanol–water partition coefficient (Wildman–Crippen LogP) is 1.01. The number of ether oxygens (including phenoxy) is 1. The number of nitrogens with zero attached hydrogens (tertiary/aromatic N) is 2. The molecule has 0 saturated carbocycles. The maximum absolute atomic E-state index is 10.5. The molecular formula is C16H25N3O3. The Morgan fingerprint density at radius 1 is 1.32 bits per heavy atom. The van der Waals surface area contributed by atoms with Gasteiger partial charge in [0, 0.05) is 32.7 Å². The first-order valence-corrected chi connectivity index (χ1v) is 7.70. The second kappa shape index (κ2) is 8.00. The number of likely N-dealkylation sites (N-methyl/N-ethyl adjacent to an activating group) is 1. The number of hydrogen-bond acceptors (Lipinski definition) is 5. The molecule has 1 fully saturated rings. The van der Waals surface area contributed by atoms with Crippen LogP contribution in [0.1, 0.15) is 12.5 Å². The highest BCUT2D eigenvalue weighted by Gasteiger charge is 2.18. The number of anilines is 1. The van der Waals surface area contributed by atoms with Gasteiger partial charge in [-0.3, -0.25) is 4.79 Å². The highest BCUT2D eigenvalue weighted by atomic mass is 16.5. The molecule has 0 bridgehead atoms. The second-order valence-electron chi connectivity index (χ2n) is 5.42. The van der Waals surface area contributed by atoms with Gasteiger partial charge in [-0.05, 0) is 24.2 Å². The van der Waals surface area contributed by atoms with Gasteiger partial charge in [-0.15, -0.1) is 0 Å². The number of hydrogen-bond donors (Lipinski definition) is 2. The minimum absolute atomic E-state index is 0.0386. The molecule has 0 aromatic heterocycles. The van der Waals surface area contributed by atoms with Gasteiger partial charge in [-0.25, -0.2) is 0 Å². The number of carbonyl (C=O) groups is 1. The number of aliphatic carboxylic acids is 1. The van der Waals surface area contributed by atoms with Crippen LogP contribution in [0.2, 0.25) is 0 Å². The van der Waals surface area contributed by atoms with Crippen molar-refractivity contribution in [3.63, 3.8) is 0 Å². The number of piperazine rings is 1. The lowest BCUT2D eigenvalue weighted by Crippen LogP contribution is -2.46. The van der Waals surface area contributed by atoms with E-state index in [-0.39, 0.29) is 6.54 Å². The van der Waals surface area contributed by atoms with Crippen molar-refractivity contribution in [1.82, 2.24) is 10.2 Å². The largest absolute Gasteiger partial charge is 0.495 e. The molecule has 0 radical (unpaired) electrons. The van der Waals surface area contributed by atoms with Crippen LogP contribution in [0, 0.1) is 0 Å². The van der Waals surface area contributed by atoms with E-state index in [0.717, 1.165) is 49.7 Å². The molecule has 6 heteroatoms. The Bertz CT molecular complexity index is 499. The Labute approximate surface area is 131 Å². The van der Waals surface area contributed by atoms with E-state index in [0.29, 0.717) is 6.54 Å².